The van der Waals surface area contributed by atoms with E-state index in [9.17, 15) is 8.42 Å². The Balaban J connectivity index is 2.87. The fraction of sp³-hybridized carbons (Fsp3) is 1.00. The first kappa shape index (κ1) is 9.99. The number of hydrogen-bond donors (Lipinski definition) is 1. The van der Waals surface area contributed by atoms with Crippen LogP contribution in [0, 0.1) is 0 Å². The molecule has 72 valence electrons. The van der Waals surface area contributed by atoms with Gasteiger partial charge in [-0.25, -0.2) is 8.42 Å². The molecule has 0 saturated heterocycles. The van der Waals surface area contributed by atoms with Crippen LogP contribution >= 0.6 is 0 Å². The molecular weight excluding hydrogens is 174 g/mol. The van der Waals surface area contributed by atoms with Crippen molar-refractivity contribution in [1.82, 2.24) is 0 Å². The van der Waals surface area contributed by atoms with Gasteiger partial charge in [0.2, 0.25) is 0 Å². The molecular formula is C8H17NO2S. The lowest BCUT2D eigenvalue weighted by Crippen LogP contribution is -2.37. The summed E-state index contributed by atoms with van der Waals surface area (Å²) >= 11 is 0. The Bertz CT molecular complexity index is 240. The van der Waals surface area contributed by atoms with Crippen molar-refractivity contribution in [2.75, 3.05) is 12.8 Å². The van der Waals surface area contributed by atoms with Gasteiger partial charge >= 0.3 is 0 Å². The van der Waals surface area contributed by atoms with E-state index in [2.05, 4.69) is 0 Å². The molecule has 0 radical (unpaired) electrons. The second-order valence-corrected chi connectivity index (χ2v) is 6.11. The van der Waals surface area contributed by atoms with Gasteiger partial charge in [0.1, 0.15) is 0 Å². The molecule has 0 aromatic rings. The van der Waals surface area contributed by atoms with Gasteiger partial charge in [-0.05, 0) is 25.8 Å². The third-order valence-corrected chi connectivity index (χ3v) is 5.09. The van der Waals surface area contributed by atoms with E-state index in [4.69, 9.17) is 5.73 Å². The van der Waals surface area contributed by atoms with Gasteiger partial charge in [-0.3, -0.25) is 0 Å². The summed E-state index contributed by atoms with van der Waals surface area (Å²) in [5, 5.41) is 0. The molecule has 0 amide bonds. The van der Waals surface area contributed by atoms with Crippen molar-refractivity contribution in [2.45, 2.75) is 36.9 Å². The summed E-state index contributed by atoms with van der Waals surface area (Å²) in [4.78, 5) is 0. The van der Waals surface area contributed by atoms with Crippen molar-refractivity contribution in [1.29, 1.82) is 0 Å². The molecule has 1 fully saturated rings. The van der Waals surface area contributed by atoms with Gasteiger partial charge in [0.05, 0.1) is 4.75 Å². The average Bonchev–Trinajstić information content (AvgIpc) is 2.36. The summed E-state index contributed by atoms with van der Waals surface area (Å²) in [6.07, 6.45) is 5.66. The van der Waals surface area contributed by atoms with Crippen LogP contribution < -0.4 is 5.73 Å². The predicted molar refractivity (Wildman–Crippen MR) is 49.7 cm³/mol. The summed E-state index contributed by atoms with van der Waals surface area (Å²) in [6, 6.07) is 0. The topological polar surface area (TPSA) is 60.2 Å². The zero-order valence-corrected chi connectivity index (χ0v) is 8.36. The van der Waals surface area contributed by atoms with Crippen LogP contribution in [0.3, 0.4) is 0 Å². The van der Waals surface area contributed by atoms with Gasteiger partial charge in [-0.1, -0.05) is 12.8 Å². The lowest BCUT2D eigenvalue weighted by atomic mass is 10.0. The largest absolute Gasteiger partial charge is 0.330 e. The minimum Gasteiger partial charge on any atom is -0.330 e. The maximum absolute atomic E-state index is 11.5. The summed E-state index contributed by atoms with van der Waals surface area (Å²) in [6.45, 7) is 0.479. The fourth-order valence-corrected chi connectivity index (χ4v) is 3.61. The molecule has 1 saturated carbocycles. The highest BCUT2D eigenvalue weighted by Gasteiger charge is 2.42. The minimum absolute atomic E-state index is 0.470. The molecule has 1 aliphatic carbocycles. The van der Waals surface area contributed by atoms with E-state index in [1.807, 2.05) is 0 Å². The Morgan fingerprint density at radius 2 is 1.83 bits per heavy atom. The monoisotopic (exact) mass is 191 g/mol. The zero-order valence-electron chi connectivity index (χ0n) is 7.54. The molecule has 0 aliphatic heterocycles. The van der Waals surface area contributed by atoms with E-state index >= 15 is 0 Å². The van der Waals surface area contributed by atoms with Crippen molar-refractivity contribution in [3.8, 4) is 0 Å². The van der Waals surface area contributed by atoms with Crippen LogP contribution in [0.5, 0.6) is 0 Å². The van der Waals surface area contributed by atoms with Crippen molar-refractivity contribution >= 4 is 9.84 Å². The maximum Gasteiger partial charge on any atom is 0.153 e. The molecule has 12 heavy (non-hydrogen) atoms. The molecule has 1 aliphatic rings. The van der Waals surface area contributed by atoms with Gasteiger partial charge in [-0.15, -0.1) is 0 Å². The molecule has 3 nitrogen and oxygen atoms in total. The van der Waals surface area contributed by atoms with Crippen molar-refractivity contribution in [3.63, 3.8) is 0 Å². The minimum atomic E-state index is -2.91. The van der Waals surface area contributed by atoms with E-state index in [0.717, 1.165) is 25.7 Å². The number of rotatable bonds is 3. The van der Waals surface area contributed by atoms with E-state index in [0.29, 0.717) is 13.0 Å². The van der Waals surface area contributed by atoms with Crippen LogP contribution in [0.15, 0.2) is 0 Å². The SMILES string of the molecule is CS(=O)(=O)C1(CCN)CCCC1. The van der Waals surface area contributed by atoms with Crippen LogP contribution in [0.2, 0.25) is 0 Å². The van der Waals surface area contributed by atoms with Crippen LogP contribution in [-0.2, 0) is 9.84 Å². The molecule has 0 atom stereocenters. The number of hydrogen-bond acceptors (Lipinski definition) is 3. The van der Waals surface area contributed by atoms with Gasteiger partial charge in [-0.2, -0.15) is 0 Å². The highest BCUT2D eigenvalue weighted by atomic mass is 32.2. The first-order valence-corrected chi connectivity index (χ1v) is 6.31. The van der Waals surface area contributed by atoms with Crippen LogP contribution in [-0.4, -0.2) is 26.0 Å². The molecule has 0 heterocycles. The quantitative estimate of drug-likeness (QED) is 0.714. The van der Waals surface area contributed by atoms with Crippen LogP contribution in [0.1, 0.15) is 32.1 Å². The average molecular weight is 191 g/mol. The first-order chi connectivity index (χ1) is 5.52. The predicted octanol–water partition coefficient (Wildman–Crippen LogP) is 0.693. The Kier molecular flexibility index (Phi) is 2.78. The molecule has 0 spiro atoms. The maximum atomic E-state index is 11.5. The van der Waals surface area contributed by atoms with Crippen molar-refractivity contribution in [2.24, 2.45) is 5.73 Å². The smallest absolute Gasteiger partial charge is 0.153 e. The Morgan fingerprint density at radius 3 is 2.17 bits per heavy atom. The van der Waals surface area contributed by atoms with E-state index in [1.165, 1.54) is 6.26 Å². The fourth-order valence-electron chi connectivity index (χ4n) is 2.09. The molecule has 2 N–H and O–H groups in total. The molecule has 0 bridgehead atoms. The van der Waals surface area contributed by atoms with Gasteiger partial charge in [0, 0.05) is 6.26 Å². The lowest BCUT2D eigenvalue weighted by Gasteiger charge is -2.25. The molecule has 4 heteroatoms. The van der Waals surface area contributed by atoms with Gasteiger partial charge in [0.15, 0.2) is 9.84 Å². The normalized spacial score (nSPS) is 22.8. The first-order valence-electron chi connectivity index (χ1n) is 4.41. The summed E-state index contributed by atoms with van der Waals surface area (Å²) in [7, 11) is -2.91. The molecule has 0 aromatic carbocycles. The second kappa shape index (κ2) is 3.34. The summed E-state index contributed by atoms with van der Waals surface area (Å²) in [5.74, 6) is 0. The highest BCUT2D eigenvalue weighted by molar-refractivity contribution is 7.92. The molecule has 0 aromatic heterocycles. The third kappa shape index (κ3) is 1.64. The zero-order chi connectivity index (χ0) is 9.24. The standard InChI is InChI=1S/C8H17NO2S/c1-12(10,11)8(6-7-9)4-2-3-5-8/h2-7,9H2,1H3. The van der Waals surface area contributed by atoms with Crippen LogP contribution in [0.25, 0.3) is 0 Å². The van der Waals surface area contributed by atoms with Gasteiger partial charge < -0.3 is 5.73 Å². The third-order valence-electron chi connectivity index (χ3n) is 2.90. The summed E-state index contributed by atoms with van der Waals surface area (Å²) < 4.78 is 22.5. The van der Waals surface area contributed by atoms with Crippen LogP contribution in [0.4, 0.5) is 0 Å². The summed E-state index contributed by atoms with van der Waals surface area (Å²) in [5.41, 5.74) is 5.43. The van der Waals surface area contributed by atoms with E-state index in [1.54, 1.807) is 0 Å². The van der Waals surface area contributed by atoms with Gasteiger partial charge in [0.25, 0.3) is 0 Å². The Labute approximate surface area is 74.3 Å². The molecule has 1 rings (SSSR count). The van der Waals surface area contributed by atoms with Crippen molar-refractivity contribution in [3.05, 3.63) is 0 Å². The Morgan fingerprint density at radius 1 is 1.33 bits per heavy atom. The molecule has 0 unspecified atom stereocenters. The number of nitrogens with two attached hydrogens (primary N) is 1. The van der Waals surface area contributed by atoms with E-state index < -0.39 is 14.6 Å². The van der Waals surface area contributed by atoms with E-state index in [-0.39, 0.29) is 0 Å². The second-order valence-electron chi connectivity index (χ2n) is 3.70. The van der Waals surface area contributed by atoms with Crippen molar-refractivity contribution < 1.29 is 8.42 Å². The number of sulfone groups is 1. The highest BCUT2D eigenvalue weighted by Crippen LogP contribution is 2.38. The lowest BCUT2D eigenvalue weighted by molar-refractivity contribution is 0.494. The Hall–Kier alpha value is -0.0900.